The van der Waals surface area contributed by atoms with Crippen molar-refractivity contribution >= 4 is 28.5 Å². The van der Waals surface area contributed by atoms with Crippen molar-refractivity contribution in [2.24, 2.45) is 0 Å². The van der Waals surface area contributed by atoms with Gasteiger partial charge in [-0.3, -0.25) is 0 Å². The zero-order chi connectivity index (χ0) is 18.7. The first-order chi connectivity index (χ1) is 13.2. The molecular weight excluding hydrogens is 437 g/mol. The van der Waals surface area contributed by atoms with Crippen LogP contribution < -0.4 is 38.2 Å². The lowest BCUT2D eigenvalue weighted by Crippen LogP contribution is -3.00. The molecular formula is C24H18BrF2P. The van der Waals surface area contributed by atoms with Gasteiger partial charge in [-0.1, -0.05) is 54.6 Å². The number of benzene rings is 4. The largest absolute Gasteiger partial charge is 1.00 e. The Morgan fingerprint density at radius 3 is 1.18 bits per heavy atom. The summed E-state index contributed by atoms with van der Waals surface area (Å²) in [7, 11) is -2.36. The highest BCUT2D eigenvalue weighted by molar-refractivity contribution is 8.01. The van der Waals surface area contributed by atoms with Crippen LogP contribution in [-0.2, 0) is 0 Å². The highest BCUT2D eigenvalue weighted by Crippen LogP contribution is 2.54. The molecule has 0 N–H and O–H groups in total. The molecule has 4 aromatic rings. The third kappa shape index (κ3) is 3.53. The summed E-state index contributed by atoms with van der Waals surface area (Å²) in [5.41, 5.74) is 0. The van der Waals surface area contributed by atoms with E-state index in [9.17, 15) is 8.78 Å². The number of halogens is 3. The van der Waals surface area contributed by atoms with Gasteiger partial charge >= 0.3 is 0 Å². The molecule has 0 aliphatic carbocycles. The first-order valence-corrected chi connectivity index (χ1v) is 10.5. The van der Waals surface area contributed by atoms with Crippen molar-refractivity contribution in [3.63, 3.8) is 0 Å². The van der Waals surface area contributed by atoms with Crippen LogP contribution in [0.15, 0.2) is 109 Å². The molecule has 4 heteroatoms. The molecule has 0 aliphatic rings. The van der Waals surface area contributed by atoms with Crippen molar-refractivity contribution in [2.45, 2.75) is 0 Å². The molecule has 0 radical (unpaired) electrons. The molecule has 28 heavy (non-hydrogen) atoms. The summed E-state index contributed by atoms with van der Waals surface area (Å²) in [5.74, 6) is -1.65. The predicted octanol–water partition coefficient (Wildman–Crippen LogP) is 1.59. The van der Waals surface area contributed by atoms with Gasteiger partial charge in [0.15, 0.2) is 11.6 Å². The summed E-state index contributed by atoms with van der Waals surface area (Å²) in [6.07, 6.45) is 0. The first-order valence-electron chi connectivity index (χ1n) is 8.74. The highest BCUT2D eigenvalue weighted by Gasteiger charge is 2.48. The molecule has 0 spiro atoms. The summed E-state index contributed by atoms with van der Waals surface area (Å²) in [4.78, 5) is 0. The fourth-order valence-corrected chi connectivity index (χ4v) is 7.79. The third-order valence-electron chi connectivity index (χ3n) is 4.72. The lowest BCUT2D eigenvalue weighted by molar-refractivity contribution is -0.00000621. The van der Waals surface area contributed by atoms with Gasteiger partial charge in [0.05, 0.1) is 0 Å². The van der Waals surface area contributed by atoms with E-state index >= 15 is 0 Å². The van der Waals surface area contributed by atoms with Crippen LogP contribution in [0.1, 0.15) is 0 Å². The van der Waals surface area contributed by atoms with E-state index in [4.69, 9.17) is 0 Å². The minimum atomic E-state index is -2.36. The lowest BCUT2D eigenvalue weighted by Gasteiger charge is -2.27. The molecule has 0 bridgehead atoms. The standard InChI is InChI=1S/C24H18F2P.BrH/c25-23-17-16-22(18-24(23)26)27(19-10-4-1-5-11-19,20-12-6-2-7-13-20)21-14-8-3-9-15-21;/h1-18H;1H/q+1;/p-1. The Balaban J connectivity index is 0.00000225. The van der Waals surface area contributed by atoms with Gasteiger partial charge in [-0.2, -0.15) is 0 Å². The fourth-order valence-electron chi connectivity index (χ4n) is 3.54. The van der Waals surface area contributed by atoms with E-state index in [0.717, 1.165) is 21.2 Å². The summed E-state index contributed by atoms with van der Waals surface area (Å²) < 4.78 is 28.0. The minimum absolute atomic E-state index is 0. The van der Waals surface area contributed by atoms with Crippen molar-refractivity contribution in [2.75, 3.05) is 0 Å². The van der Waals surface area contributed by atoms with E-state index in [0.29, 0.717) is 0 Å². The van der Waals surface area contributed by atoms with Gasteiger partial charge in [-0.15, -0.1) is 0 Å². The topological polar surface area (TPSA) is 0 Å². The average Bonchev–Trinajstić information content (AvgIpc) is 2.74. The van der Waals surface area contributed by atoms with Crippen LogP contribution >= 0.6 is 7.26 Å². The molecule has 0 unspecified atom stereocenters. The van der Waals surface area contributed by atoms with Gasteiger partial charge in [-0.05, 0) is 48.5 Å². The molecule has 0 amide bonds. The fraction of sp³-hybridized carbons (Fsp3) is 0. The quantitative estimate of drug-likeness (QED) is 0.411. The smallest absolute Gasteiger partial charge is 0.162 e. The molecule has 0 fully saturated rings. The van der Waals surface area contributed by atoms with Crippen molar-refractivity contribution < 1.29 is 25.8 Å². The molecule has 0 aliphatic heterocycles. The third-order valence-corrected chi connectivity index (χ3v) is 8.99. The monoisotopic (exact) mass is 454 g/mol. The van der Waals surface area contributed by atoms with Gasteiger partial charge in [0, 0.05) is 6.07 Å². The number of hydrogen-bond acceptors (Lipinski definition) is 0. The molecule has 0 atom stereocenters. The van der Waals surface area contributed by atoms with E-state index in [2.05, 4.69) is 36.4 Å². The van der Waals surface area contributed by atoms with Crippen LogP contribution in [0.4, 0.5) is 8.78 Å². The molecule has 0 heterocycles. The Hall–Kier alpha value is -2.35. The Kier molecular flexibility index (Phi) is 6.39. The SMILES string of the molecule is Fc1ccc([P+](c2ccccc2)(c2ccccc2)c2ccccc2)cc1F.[Br-]. The highest BCUT2D eigenvalue weighted by atomic mass is 79.9. The Morgan fingerprint density at radius 1 is 0.429 bits per heavy atom. The van der Waals surface area contributed by atoms with Crippen molar-refractivity contribution in [3.05, 3.63) is 121 Å². The maximum absolute atomic E-state index is 14.3. The molecule has 0 aromatic heterocycles. The van der Waals surface area contributed by atoms with Gasteiger partial charge in [0.1, 0.15) is 28.5 Å². The lowest BCUT2D eigenvalue weighted by atomic mass is 10.3. The average molecular weight is 455 g/mol. The second-order valence-electron chi connectivity index (χ2n) is 6.28. The van der Waals surface area contributed by atoms with E-state index in [-0.39, 0.29) is 17.0 Å². The molecule has 0 saturated carbocycles. The molecule has 4 aromatic carbocycles. The van der Waals surface area contributed by atoms with E-state index in [1.54, 1.807) is 6.07 Å². The second-order valence-corrected chi connectivity index (χ2v) is 9.68. The second kappa shape index (κ2) is 8.77. The number of rotatable bonds is 4. The number of hydrogen-bond donors (Lipinski definition) is 0. The Labute approximate surface area is 175 Å². The van der Waals surface area contributed by atoms with Crippen LogP contribution in [0.3, 0.4) is 0 Å². The van der Waals surface area contributed by atoms with Crippen LogP contribution in [-0.4, -0.2) is 0 Å². The zero-order valence-electron chi connectivity index (χ0n) is 15.0. The Morgan fingerprint density at radius 2 is 0.821 bits per heavy atom. The van der Waals surface area contributed by atoms with Gasteiger partial charge in [-0.25, -0.2) is 8.78 Å². The summed E-state index contributed by atoms with van der Waals surface area (Å²) in [6, 6.07) is 34.7. The molecule has 0 nitrogen and oxygen atoms in total. The Bertz CT molecular complexity index is 941. The summed E-state index contributed by atoms with van der Waals surface area (Å²) in [6.45, 7) is 0. The maximum Gasteiger partial charge on any atom is 0.162 e. The van der Waals surface area contributed by atoms with Crippen molar-refractivity contribution in [1.29, 1.82) is 0 Å². The minimum Gasteiger partial charge on any atom is -1.00 e. The van der Waals surface area contributed by atoms with Gasteiger partial charge in [0.25, 0.3) is 0 Å². The molecule has 140 valence electrons. The van der Waals surface area contributed by atoms with Crippen LogP contribution in [0.25, 0.3) is 0 Å². The first kappa shape index (κ1) is 20.4. The van der Waals surface area contributed by atoms with E-state index in [1.165, 1.54) is 12.1 Å². The molecule has 0 saturated heterocycles. The maximum atomic E-state index is 14.3. The van der Waals surface area contributed by atoms with E-state index in [1.807, 2.05) is 54.6 Å². The van der Waals surface area contributed by atoms with Crippen molar-refractivity contribution in [3.8, 4) is 0 Å². The van der Waals surface area contributed by atoms with Crippen LogP contribution in [0.5, 0.6) is 0 Å². The van der Waals surface area contributed by atoms with Crippen molar-refractivity contribution in [1.82, 2.24) is 0 Å². The zero-order valence-corrected chi connectivity index (χ0v) is 17.5. The summed E-state index contributed by atoms with van der Waals surface area (Å²) >= 11 is 0. The van der Waals surface area contributed by atoms with Crippen LogP contribution in [0, 0.1) is 11.6 Å². The van der Waals surface area contributed by atoms with Crippen LogP contribution in [0.2, 0.25) is 0 Å². The predicted molar refractivity (Wildman–Crippen MR) is 111 cm³/mol. The normalized spacial score (nSPS) is 10.9. The van der Waals surface area contributed by atoms with Gasteiger partial charge < -0.3 is 17.0 Å². The van der Waals surface area contributed by atoms with E-state index < -0.39 is 18.9 Å². The van der Waals surface area contributed by atoms with Gasteiger partial charge in [0.2, 0.25) is 0 Å². The molecule has 4 rings (SSSR count). The summed E-state index contributed by atoms with van der Waals surface area (Å²) in [5, 5.41) is 4.11.